The van der Waals surface area contributed by atoms with Crippen LogP contribution in [0.2, 0.25) is 0 Å². The fourth-order valence-electron chi connectivity index (χ4n) is 3.38. The number of likely N-dealkylation sites (tertiary alicyclic amines) is 1. The zero-order valence-corrected chi connectivity index (χ0v) is 13.6. The lowest BCUT2D eigenvalue weighted by molar-refractivity contribution is 0.0830. The standard InChI is InChI=1S/C14H29N3.C2H6/c1-3-10-17-11-6-14(7-12-17)16(2)13-4-8-15-9-5-13;1-2/h13-15H,3-12H2,1-2H3;1-2H3. The van der Waals surface area contributed by atoms with E-state index >= 15 is 0 Å². The van der Waals surface area contributed by atoms with E-state index in [1.54, 1.807) is 0 Å². The summed E-state index contributed by atoms with van der Waals surface area (Å²) < 4.78 is 0. The van der Waals surface area contributed by atoms with Crippen LogP contribution in [0, 0.1) is 0 Å². The predicted molar refractivity (Wildman–Crippen MR) is 84.8 cm³/mol. The number of nitrogens with zero attached hydrogens (tertiary/aromatic N) is 2. The molecule has 0 amide bonds. The quantitative estimate of drug-likeness (QED) is 0.846. The minimum atomic E-state index is 0.832. The van der Waals surface area contributed by atoms with Crippen molar-refractivity contribution in [2.75, 3.05) is 39.8 Å². The van der Waals surface area contributed by atoms with Crippen LogP contribution in [0.1, 0.15) is 52.9 Å². The predicted octanol–water partition coefficient (Wildman–Crippen LogP) is 2.57. The molecule has 0 spiro atoms. The summed E-state index contributed by atoms with van der Waals surface area (Å²) in [5.74, 6) is 0. The molecule has 0 aromatic carbocycles. The van der Waals surface area contributed by atoms with Gasteiger partial charge in [0.1, 0.15) is 0 Å². The Labute approximate surface area is 120 Å². The summed E-state index contributed by atoms with van der Waals surface area (Å²) in [5.41, 5.74) is 0. The first-order valence-corrected chi connectivity index (χ1v) is 8.46. The smallest absolute Gasteiger partial charge is 0.0119 e. The van der Waals surface area contributed by atoms with E-state index in [9.17, 15) is 0 Å². The average Bonchev–Trinajstić information content (AvgIpc) is 2.51. The highest BCUT2D eigenvalue weighted by molar-refractivity contribution is 4.84. The highest BCUT2D eigenvalue weighted by Gasteiger charge is 2.27. The monoisotopic (exact) mass is 269 g/mol. The Morgan fingerprint density at radius 1 is 1.00 bits per heavy atom. The number of rotatable bonds is 4. The molecule has 0 bridgehead atoms. The van der Waals surface area contributed by atoms with Gasteiger partial charge in [0, 0.05) is 12.1 Å². The lowest BCUT2D eigenvalue weighted by atomic mass is 9.98. The zero-order chi connectivity index (χ0) is 14.1. The van der Waals surface area contributed by atoms with Crippen molar-refractivity contribution in [1.82, 2.24) is 15.1 Å². The van der Waals surface area contributed by atoms with Crippen LogP contribution >= 0.6 is 0 Å². The Balaban J connectivity index is 0.000000861. The molecule has 1 N–H and O–H groups in total. The number of nitrogens with one attached hydrogen (secondary N) is 1. The van der Waals surface area contributed by atoms with Crippen molar-refractivity contribution in [3.8, 4) is 0 Å². The lowest BCUT2D eigenvalue weighted by Gasteiger charge is -2.41. The topological polar surface area (TPSA) is 18.5 Å². The molecule has 114 valence electrons. The molecule has 0 aromatic heterocycles. The number of piperidine rings is 2. The van der Waals surface area contributed by atoms with E-state index in [1.807, 2.05) is 13.8 Å². The van der Waals surface area contributed by atoms with Gasteiger partial charge in [-0.2, -0.15) is 0 Å². The molecule has 0 unspecified atom stereocenters. The van der Waals surface area contributed by atoms with Crippen molar-refractivity contribution in [1.29, 1.82) is 0 Å². The summed E-state index contributed by atoms with van der Waals surface area (Å²) in [6.45, 7) is 12.6. The fourth-order valence-corrected chi connectivity index (χ4v) is 3.38. The SMILES string of the molecule is CC.CCCN1CCC(N(C)C2CCNCC2)CC1. The summed E-state index contributed by atoms with van der Waals surface area (Å²) in [6.07, 6.45) is 6.73. The summed E-state index contributed by atoms with van der Waals surface area (Å²) in [4.78, 5) is 5.32. The molecule has 2 saturated heterocycles. The van der Waals surface area contributed by atoms with Crippen LogP contribution in [0.3, 0.4) is 0 Å². The Bertz CT molecular complexity index is 206. The lowest BCUT2D eigenvalue weighted by Crippen LogP contribution is -2.50. The summed E-state index contributed by atoms with van der Waals surface area (Å²) in [5, 5.41) is 3.46. The van der Waals surface area contributed by atoms with Crippen LogP contribution in [0.4, 0.5) is 0 Å². The molecule has 3 nitrogen and oxygen atoms in total. The van der Waals surface area contributed by atoms with Gasteiger partial charge in [-0.1, -0.05) is 20.8 Å². The first-order valence-electron chi connectivity index (χ1n) is 8.46. The second-order valence-corrected chi connectivity index (χ2v) is 5.72. The van der Waals surface area contributed by atoms with Crippen molar-refractivity contribution >= 4 is 0 Å². The van der Waals surface area contributed by atoms with Crippen molar-refractivity contribution in [3.63, 3.8) is 0 Å². The first-order chi connectivity index (χ1) is 9.31. The van der Waals surface area contributed by atoms with Gasteiger partial charge in [0.2, 0.25) is 0 Å². The van der Waals surface area contributed by atoms with E-state index in [0.29, 0.717) is 0 Å². The number of hydrogen-bond acceptors (Lipinski definition) is 3. The van der Waals surface area contributed by atoms with Crippen molar-refractivity contribution < 1.29 is 0 Å². The maximum atomic E-state index is 3.46. The van der Waals surface area contributed by atoms with Crippen molar-refractivity contribution in [2.24, 2.45) is 0 Å². The molecular formula is C16H35N3. The average molecular weight is 269 g/mol. The first kappa shape index (κ1) is 16.9. The minimum absolute atomic E-state index is 0.832. The molecule has 0 saturated carbocycles. The molecule has 0 atom stereocenters. The molecule has 0 aliphatic carbocycles. The molecule has 3 heteroatoms. The fraction of sp³-hybridized carbons (Fsp3) is 1.00. The van der Waals surface area contributed by atoms with Gasteiger partial charge in [0.05, 0.1) is 0 Å². The number of hydrogen-bond donors (Lipinski definition) is 1. The second kappa shape index (κ2) is 9.73. The van der Waals surface area contributed by atoms with E-state index < -0.39 is 0 Å². The highest BCUT2D eigenvalue weighted by atomic mass is 15.2. The van der Waals surface area contributed by atoms with Gasteiger partial charge in [0.15, 0.2) is 0 Å². The van der Waals surface area contributed by atoms with Gasteiger partial charge in [-0.15, -0.1) is 0 Å². The molecule has 2 aliphatic rings. The van der Waals surface area contributed by atoms with E-state index in [-0.39, 0.29) is 0 Å². The van der Waals surface area contributed by atoms with Crippen molar-refractivity contribution in [3.05, 3.63) is 0 Å². The maximum Gasteiger partial charge on any atom is 0.0119 e. The van der Waals surface area contributed by atoms with E-state index in [1.165, 1.54) is 64.8 Å². The van der Waals surface area contributed by atoms with Crippen LogP contribution in [0.25, 0.3) is 0 Å². The Kier molecular flexibility index (Phi) is 8.67. The van der Waals surface area contributed by atoms with Gasteiger partial charge in [0.25, 0.3) is 0 Å². The third-order valence-electron chi connectivity index (χ3n) is 4.56. The van der Waals surface area contributed by atoms with E-state index in [0.717, 1.165) is 12.1 Å². The van der Waals surface area contributed by atoms with Crippen molar-refractivity contribution in [2.45, 2.75) is 65.0 Å². The highest BCUT2D eigenvalue weighted by Crippen LogP contribution is 2.21. The van der Waals surface area contributed by atoms with Crippen LogP contribution in [0.15, 0.2) is 0 Å². The minimum Gasteiger partial charge on any atom is -0.317 e. The Morgan fingerprint density at radius 3 is 2.05 bits per heavy atom. The van der Waals surface area contributed by atoms with Crippen LogP contribution in [-0.4, -0.2) is 61.7 Å². The van der Waals surface area contributed by atoms with Gasteiger partial charge < -0.3 is 15.1 Å². The molecule has 2 heterocycles. The molecule has 19 heavy (non-hydrogen) atoms. The van der Waals surface area contributed by atoms with E-state index in [4.69, 9.17) is 0 Å². The van der Waals surface area contributed by atoms with Gasteiger partial charge in [-0.3, -0.25) is 0 Å². The zero-order valence-electron chi connectivity index (χ0n) is 13.6. The van der Waals surface area contributed by atoms with Gasteiger partial charge in [-0.25, -0.2) is 0 Å². The Hall–Kier alpha value is -0.120. The third kappa shape index (κ3) is 5.41. The summed E-state index contributed by atoms with van der Waals surface area (Å²) in [6, 6.07) is 1.67. The molecule has 2 aliphatic heterocycles. The third-order valence-corrected chi connectivity index (χ3v) is 4.56. The van der Waals surface area contributed by atoms with Crippen LogP contribution in [-0.2, 0) is 0 Å². The molecule has 0 aromatic rings. The van der Waals surface area contributed by atoms with E-state index in [2.05, 4.69) is 29.1 Å². The summed E-state index contributed by atoms with van der Waals surface area (Å²) >= 11 is 0. The molecule has 0 radical (unpaired) electrons. The van der Waals surface area contributed by atoms with Crippen LogP contribution in [0.5, 0.6) is 0 Å². The second-order valence-electron chi connectivity index (χ2n) is 5.72. The molecular weight excluding hydrogens is 234 g/mol. The normalized spacial score (nSPS) is 23.2. The summed E-state index contributed by atoms with van der Waals surface area (Å²) in [7, 11) is 2.36. The molecule has 2 fully saturated rings. The largest absolute Gasteiger partial charge is 0.317 e. The van der Waals surface area contributed by atoms with Gasteiger partial charge in [-0.05, 0) is 71.9 Å². The van der Waals surface area contributed by atoms with Gasteiger partial charge >= 0.3 is 0 Å². The maximum absolute atomic E-state index is 3.46. The molecule has 2 rings (SSSR count). The van der Waals surface area contributed by atoms with Crippen LogP contribution < -0.4 is 5.32 Å². The Morgan fingerprint density at radius 2 is 1.53 bits per heavy atom.